The smallest absolute Gasteiger partial charge is 0.255 e. The number of amides is 1. The van der Waals surface area contributed by atoms with Gasteiger partial charge in [-0.05, 0) is 55.1 Å². The van der Waals surface area contributed by atoms with Crippen LogP contribution in [-0.4, -0.2) is 24.9 Å². The molecule has 0 heterocycles. The van der Waals surface area contributed by atoms with E-state index in [4.69, 9.17) is 4.74 Å². The highest BCUT2D eigenvalue weighted by atomic mass is 19.1. The molecule has 0 saturated carbocycles. The zero-order valence-electron chi connectivity index (χ0n) is 16.7. The standard InChI is InChI=1S/C24H25FN2O2/c1-27(2)16-19-9-7-18(8-10-19)15-26-24(28)22-5-3-4-6-23(22)29-17-20-11-13-21(25)14-12-20/h3-14H,15-17H2,1-2H3,(H,26,28). The second kappa shape index (κ2) is 9.85. The van der Waals surface area contributed by atoms with Crippen LogP contribution in [0.5, 0.6) is 5.75 Å². The van der Waals surface area contributed by atoms with Crippen molar-refractivity contribution in [3.63, 3.8) is 0 Å². The van der Waals surface area contributed by atoms with Gasteiger partial charge in [0.05, 0.1) is 5.56 Å². The Balaban J connectivity index is 1.60. The van der Waals surface area contributed by atoms with E-state index in [-0.39, 0.29) is 18.3 Å². The molecule has 0 aliphatic heterocycles. The molecule has 0 aliphatic carbocycles. The Morgan fingerprint density at radius 3 is 2.21 bits per heavy atom. The minimum absolute atomic E-state index is 0.197. The van der Waals surface area contributed by atoms with Crippen LogP contribution in [-0.2, 0) is 19.7 Å². The average Bonchev–Trinajstić information content (AvgIpc) is 2.72. The maximum Gasteiger partial charge on any atom is 0.255 e. The van der Waals surface area contributed by atoms with E-state index in [1.165, 1.54) is 17.7 Å². The monoisotopic (exact) mass is 392 g/mol. The Labute approximate surface area is 170 Å². The average molecular weight is 392 g/mol. The van der Waals surface area contributed by atoms with Crippen molar-refractivity contribution in [3.05, 3.63) is 101 Å². The van der Waals surface area contributed by atoms with Crippen LogP contribution in [0.3, 0.4) is 0 Å². The molecule has 1 N–H and O–H groups in total. The van der Waals surface area contributed by atoms with Crippen LogP contribution in [0.25, 0.3) is 0 Å². The van der Waals surface area contributed by atoms with Gasteiger partial charge < -0.3 is 15.0 Å². The highest BCUT2D eigenvalue weighted by molar-refractivity contribution is 5.96. The van der Waals surface area contributed by atoms with E-state index < -0.39 is 0 Å². The fourth-order valence-corrected chi connectivity index (χ4v) is 2.93. The molecule has 0 aromatic heterocycles. The lowest BCUT2D eigenvalue weighted by molar-refractivity contribution is 0.0946. The van der Waals surface area contributed by atoms with Gasteiger partial charge >= 0.3 is 0 Å². The van der Waals surface area contributed by atoms with Crippen LogP contribution in [0.4, 0.5) is 4.39 Å². The first-order valence-corrected chi connectivity index (χ1v) is 9.48. The van der Waals surface area contributed by atoms with Crippen LogP contribution >= 0.6 is 0 Å². The molecule has 0 radical (unpaired) electrons. The second-order valence-electron chi connectivity index (χ2n) is 7.15. The second-order valence-corrected chi connectivity index (χ2v) is 7.15. The number of nitrogens with zero attached hydrogens (tertiary/aromatic N) is 1. The van der Waals surface area contributed by atoms with Gasteiger partial charge in [-0.1, -0.05) is 48.5 Å². The molecular weight excluding hydrogens is 367 g/mol. The van der Waals surface area contributed by atoms with Gasteiger partial charge in [-0.3, -0.25) is 4.79 Å². The molecule has 0 fully saturated rings. The molecule has 3 aromatic rings. The predicted octanol–water partition coefficient (Wildman–Crippen LogP) is 4.40. The summed E-state index contributed by atoms with van der Waals surface area (Å²) in [5, 5.41) is 2.94. The maximum atomic E-state index is 13.0. The van der Waals surface area contributed by atoms with Crippen LogP contribution in [0.1, 0.15) is 27.0 Å². The highest BCUT2D eigenvalue weighted by Gasteiger charge is 2.12. The Morgan fingerprint density at radius 1 is 0.897 bits per heavy atom. The predicted molar refractivity (Wildman–Crippen MR) is 112 cm³/mol. The number of hydrogen-bond donors (Lipinski definition) is 1. The van der Waals surface area contributed by atoms with Gasteiger partial charge in [-0.2, -0.15) is 0 Å². The molecule has 150 valence electrons. The molecule has 0 bridgehead atoms. The molecule has 1 amide bonds. The normalized spacial score (nSPS) is 10.8. The molecule has 3 aromatic carbocycles. The summed E-state index contributed by atoms with van der Waals surface area (Å²) in [5.41, 5.74) is 3.56. The SMILES string of the molecule is CN(C)Cc1ccc(CNC(=O)c2ccccc2OCc2ccc(F)cc2)cc1. The molecule has 5 heteroatoms. The van der Waals surface area contributed by atoms with E-state index in [1.807, 2.05) is 32.3 Å². The van der Waals surface area contributed by atoms with Crippen molar-refractivity contribution in [3.8, 4) is 5.75 Å². The summed E-state index contributed by atoms with van der Waals surface area (Å²) in [7, 11) is 4.06. The van der Waals surface area contributed by atoms with Gasteiger partial charge in [0.25, 0.3) is 5.91 Å². The number of rotatable bonds is 8. The lowest BCUT2D eigenvalue weighted by Gasteiger charge is -2.13. The van der Waals surface area contributed by atoms with E-state index in [1.54, 1.807) is 30.3 Å². The van der Waals surface area contributed by atoms with Gasteiger partial charge in [0, 0.05) is 13.1 Å². The van der Waals surface area contributed by atoms with Crippen molar-refractivity contribution in [2.75, 3.05) is 14.1 Å². The lowest BCUT2D eigenvalue weighted by atomic mass is 10.1. The Bertz CT molecular complexity index is 938. The summed E-state index contributed by atoms with van der Waals surface area (Å²) < 4.78 is 18.8. The van der Waals surface area contributed by atoms with Crippen molar-refractivity contribution in [1.82, 2.24) is 10.2 Å². The molecular formula is C24H25FN2O2. The first-order valence-electron chi connectivity index (χ1n) is 9.48. The minimum Gasteiger partial charge on any atom is -0.488 e. The zero-order valence-corrected chi connectivity index (χ0v) is 16.7. The largest absolute Gasteiger partial charge is 0.488 e. The van der Waals surface area contributed by atoms with Gasteiger partial charge in [-0.25, -0.2) is 4.39 Å². The number of hydrogen-bond acceptors (Lipinski definition) is 3. The number of benzene rings is 3. The Morgan fingerprint density at radius 2 is 1.52 bits per heavy atom. The summed E-state index contributed by atoms with van der Waals surface area (Å²) in [4.78, 5) is 14.8. The van der Waals surface area contributed by atoms with E-state index in [2.05, 4.69) is 22.3 Å². The van der Waals surface area contributed by atoms with Gasteiger partial charge in [0.2, 0.25) is 0 Å². The minimum atomic E-state index is -0.289. The molecule has 4 nitrogen and oxygen atoms in total. The fraction of sp³-hybridized carbons (Fsp3) is 0.208. The molecule has 0 atom stereocenters. The third-order valence-electron chi connectivity index (χ3n) is 4.41. The van der Waals surface area contributed by atoms with Gasteiger partial charge in [0.1, 0.15) is 18.2 Å². The van der Waals surface area contributed by atoms with Crippen LogP contribution in [0.15, 0.2) is 72.8 Å². The fourth-order valence-electron chi connectivity index (χ4n) is 2.93. The zero-order chi connectivity index (χ0) is 20.6. The number of para-hydroxylation sites is 1. The topological polar surface area (TPSA) is 41.6 Å². The summed E-state index contributed by atoms with van der Waals surface area (Å²) in [6.07, 6.45) is 0. The number of carbonyl (C=O) groups is 1. The van der Waals surface area contributed by atoms with E-state index in [0.717, 1.165) is 17.7 Å². The number of halogens is 1. The summed E-state index contributed by atoms with van der Waals surface area (Å²) in [5.74, 6) is 0.0102. The van der Waals surface area contributed by atoms with Crippen molar-refractivity contribution in [1.29, 1.82) is 0 Å². The van der Waals surface area contributed by atoms with E-state index in [0.29, 0.717) is 17.9 Å². The Hall–Kier alpha value is -3.18. The molecule has 0 unspecified atom stereocenters. The van der Waals surface area contributed by atoms with Crippen molar-refractivity contribution < 1.29 is 13.9 Å². The van der Waals surface area contributed by atoms with Crippen LogP contribution < -0.4 is 10.1 Å². The molecule has 0 aliphatic rings. The lowest BCUT2D eigenvalue weighted by Crippen LogP contribution is -2.23. The maximum absolute atomic E-state index is 13.0. The quantitative estimate of drug-likeness (QED) is 0.618. The summed E-state index contributed by atoms with van der Waals surface area (Å²) >= 11 is 0. The first-order chi connectivity index (χ1) is 14.0. The third-order valence-corrected chi connectivity index (χ3v) is 4.41. The first kappa shape index (κ1) is 20.6. The molecule has 0 saturated heterocycles. The van der Waals surface area contributed by atoms with E-state index in [9.17, 15) is 9.18 Å². The highest BCUT2D eigenvalue weighted by Crippen LogP contribution is 2.20. The van der Waals surface area contributed by atoms with Crippen molar-refractivity contribution in [2.24, 2.45) is 0 Å². The number of carbonyl (C=O) groups excluding carboxylic acids is 1. The third kappa shape index (κ3) is 6.16. The van der Waals surface area contributed by atoms with Crippen LogP contribution in [0, 0.1) is 5.82 Å². The number of nitrogens with one attached hydrogen (secondary N) is 1. The molecule has 29 heavy (non-hydrogen) atoms. The van der Waals surface area contributed by atoms with Crippen molar-refractivity contribution >= 4 is 5.91 Å². The molecule has 3 rings (SSSR count). The Kier molecular flexibility index (Phi) is 6.98. The van der Waals surface area contributed by atoms with Crippen LogP contribution in [0.2, 0.25) is 0 Å². The van der Waals surface area contributed by atoms with Crippen molar-refractivity contribution in [2.45, 2.75) is 19.7 Å². The van der Waals surface area contributed by atoms with Gasteiger partial charge in [-0.15, -0.1) is 0 Å². The van der Waals surface area contributed by atoms with E-state index >= 15 is 0 Å². The summed E-state index contributed by atoms with van der Waals surface area (Å²) in [6, 6.07) is 21.4. The van der Waals surface area contributed by atoms with Gasteiger partial charge in [0.15, 0.2) is 0 Å². The molecule has 0 spiro atoms. The summed E-state index contributed by atoms with van der Waals surface area (Å²) in [6.45, 7) is 1.58. The number of ether oxygens (including phenoxy) is 1.